The molecule has 1 aromatic carbocycles. The van der Waals surface area contributed by atoms with E-state index in [0.717, 1.165) is 10.9 Å². The van der Waals surface area contributed by atoms with Crippen molar-refractivity contribution in [2.45, 2.75) is 19.6 Å². The minimum Gasteiger partial charge on any atom is -0.456 e. The molecule has 0 fully saturated rings. The summed E-state index contributed by atoms with van der Waals surface area (Å²) in [6.45, 7) is 6.41. The first-order valence-electron chi connectivity index (χ1n) is 4.68. The van der Waals surface area contributed by atoms with Gasteiger partial charge in [-0.3, -0.25) is 0 Å². The van der Waals surface area contributed by atoms with Gasteiger partial charge in [-0.2, -0.15) is 0 Å². The molecule has 0 bridgehead atoms. The molecule has 2 rings (SSSR count). The van der Waals surface area contributed by atoms with Crippen molar-refractivity contribution in [1.29, 1.82) is 0 Å². The van der Waals surface area contributed by atoms with Gasteiger partial charge in [-0.1, -0.05) is 18.2 Å². The number of fused-ring (bicyclic) bond motifs is 1. The molecule has 74 valence electrons. The minimum atomic E-state index is -1.56. The third kappa shape index (κ3) is 1.96. The molecule has 4 heteroatoms. The predicted octanol–water partition coefficient (Wildman–Crippen LogP) is 2.30. The molecule has 0 spiro atoms. The van der Waals surface area contributed by atoms with E-state index in [1.54, 1.807) is 4.85 Å². The fourth-order valence-electron chi connectivity index (χ4n) is 1.27. The smallest absolute Gasteiger partial charge is 0.278 e. The summed E-state index contributed by atoms with van der Waals surface area (Å²) in [5.41, 5.74) is 0.978. The Morgan fingerprint density at radius 1 is 1.21 bits per heavy atom. The van der Waals surface area contributed by atoms with E-state index in [1.165, 1.54) is 0 Å². The maximum Gasteiger partial charge on any atom is 0.278 e. The summed E-state index contributed by atoms with van der Waals surface area (Å²) in [4.78, 5) is 1.59. The van der Waals surface area contributed by atoms with E-state index in [2.05, 4.69) is 24.7 Å². The Morgan fingerprint density at radius 2 is 1.93 bits per heavy atom. The average Bonchev–Trinajstić information content (AvgIpc) is 2.42. The van der Waals surface area contributed by atoms with Crippen LogP contribution >= 0.6 is 0 Å². The van der Waals surface area contributed by atoms with Gasteiger partial charge in [0.1, 0.15) is 0 Å². The second kappa shape index (κ2) is 3.13. The Kier molecular flexibility index (Phi) is 2.07. The summed E-state index contributed by atoms with van der Waals surface area (Å²) in [5, 5.41) is 5.44. The van der Waals surface area contributed by atoms with Crippen molar-refractivity contribution in [3.63, 3.8) is 0 Å². The molecule has 0 atom stereocenters. The second-order valence-electron chi connectivity index (χ2n) is 4.29. The third-order valence-corrected chi connectivity index (χ3v) is 2.49. The van der Waals surface area contributed by atoms with E-state index in [9.17, 15) is 0 Å². The molecule has 2 aromatic rings. The van der Waals surface area contributed by atoms with Crippen molar-refractivity contribution < 1.29 is 4.53 Å². The van der Waals surface area contributed by atoms with E-state index >= 15 is 0 Å². The maximum absolute atomic E-state index is 5.73. The van der Waals surface area contributed by atoms with E-state index in [4.69, 9.17) is 4.53 Å². The lowest BCUT2D eigenvalue weighted by molar-refractivity contribution is 0.229. The molecule has 0 amide bonds. The van der Waals surface area contributed by atoms with E-state index in [-0.39, 0.29) is 0 Å². The summed E-state index contributed by atoms with van der Waals surface area (Å²) in [6, 6.07) is 8.00. The fourth-order valence-corrected chi connectivity index (χ4v) is 1.92. The van der Waals surface area contributed by atoms with Crippen LogP contribution in [0.2, 0.25) is 19.6 Å². The number of hydrogen-bond donors (Lipinski definition) is 0. The zero-order valence-corrected chi connectivity index (χ0v) is 9.69. The lowest BCUT2D eigenvalue weighted by Crippen LogP contribution is -2.36. The molecule has 3 nitrogen and oxygen atoms in total. The predicted molar refractivity (Wildman–Crippen MR) is 59.7 cm³/mol. The number of benzene rings is 1. The summed E-state index contributed by atoms with van der Waals surface area (Å²) in [7, 11) is -1.56. The average molecular weight is 206 g/mol. The van der Waals surface area contributed by atoms with Crippen molar-refractivity contribution in [2.75, 3.05) is 0 Å². The topological polar surface area (TPSA) is 27.1 Å². The molecule has 0 aliphatic carbocycles. The molecule has 0 saturated carbocycles. The van der Waals surface area contributed by atoms with Gasteiger partial charge in [-0.05, 0) is 25.7 Å². The SMILES string of the molecule is C[Si](C)(C)On1cc2ccccc2n1. The highest BCUT2D eigenvalue weighted by atomic mass is 28.4. The minimum absolute atomic E-state index is 0.978. The van der Waals surface area contributed by atoms with Crippen molar-refractivity contribution >= 4 is 19.2 Å². The van der Waals surface area contributed by atoms with Crippen LogP contribution in [0, 0.1) is 0 Å². The zero-order chi connectivity index (χ0) is 10.2. The van der Waals surface area contributed by atoms with Crippen LogP contribution in [0.15, 0.2) is 30.5 Å². The first-order valence-corrected chi connectivity index (χ1v) is 8.09. The normalized spacial score (nSPS) is 11.9. The monoisotopic (exact) mass is 206 g/mol. The molecule has 0 aliphatic heterocycles. The molecule has 0 unspecified atom stereocenters. The van der Waals surface area contributed by atoms with Gasteiger partial charge in [-0.25, -0.2) is 0 Å². The van der Waals surface area contributed by atoms with Crippen LogP contribution in [0.4, 0.5) is 0 Å². The van der Waals surface area contributed by atoms with Gasteiger partial charge in [0.05, 0.1) is 11.7 Å². The van der Waals surface area contributed by atoms with Crippen molar-refractivity contribution in [1.82, 2.24) is 9.94 Å². The van der Waals surface area contributed by atoms with Crippen LogP contribution in [0.25, 0.3) is 10.9 Å². The highest BCUT2D eigenvalue weighted by Gasteiger charge is 2.17. The van der Waals surface area contributed by atoms with Gasteiger partial charge in [0.15, 0.2) is 0 Å². The molecule has 14 heavy (non-hydrogen) atoms. The van der Waals surface area contributed by atoms with Crippen LogP contribution in [0.3, 0.4) is 0 Å². The molecular weight excluding hydrogens is 192 g/mol. The van der Waals surface area contributed by atoms with Crippen LogP contribution in [-0.4, -0.2) is 18.3 Å². The summed E-state index contributed by atoms with van der Waals surface area (Å²) >= 11 is 0. The van der Waals surface area contributed by atoms with Crippen LogP contribution < -0.4 is 4.53 Å². The number of nitrogens with zero attached hydrogens (tertiary/aromatic N) is 2. The molecule has 1 aromatic heterocycles. The number of hydrogen-bond acceptors (Lipinski definition) is 2. The van der Waals surface area contributed by atoms with Gasteiger partial charge in [0.25, 0.3) is 8.32 Å². The Labute approximate surface area is 84.4 Å². The van der Waals surface area contributed by atoms with E-state index < -0.39 is 8.32 Å². The summed E-state index contributed by atoms with van der Waals surface area (Å²) in [5.74, 6) is 0. The second-order valence-corrected chi connectivity index (χ2v) is 8.70. The standard InChI is InChI=1S/C10H14N2OSi/c1-14(2,3)13-12-8-9-6-4-5-7-10(9)11-12/h4-8H,1-3H3. The molecule has 1 heterocycles. The highest BCUT2D eigenvalue weighted by molar-refractivity contribution is 6.69. The quantitative estimate of drug-likeness (QED) is 0.705. The largest absolute Gasteiger partial charge is 0.456 e. The van der Waals surface area contributed by atoms with Gasteiger partial charge in [0.2, 0.25) is 0 Å². The molecule has 0 aliphatic rings. The summed E-state index contributed by atoms with van der Waals surface area (Å²) < 4.78 is 5.73. The first kappa shape index (κ1) is 9.27. The van der Waals surface area contributed by atoms with Crippen molar-refractivity contribution in [3.8, 4) is 0 Å². The highest BCUT2D eigenvalue weighted by Crippen LogP contribution is 2.11. The Morgan fingerprint density at radius 3 is 2.57 bits per heavy atom. The Hall–Kier alpha value is -1.29. The molecule has 0 saturated heterocycles. The zero-order valence-electron chi connectivity index (χ0n) is 8.69. The van der Waals surface area contributed by atoms with E-state index in [0.29, 0.717) is 0 Å². The Balaban J connectivity index is 2.36. The lowest BCUT2D eigenvalue weighted by Gasteiger charge is -2.17. The molecule has 0 N–H and O–H groups in total. The number of aromatic nitrogens is 2. The van der Waals surface area contributed by atoms with Gasteiger partial charge >= 0.3 is 0 Å². The fraction of sp³-hybridized carbons (Fsp3) is 0.300. The van der Waals surface area contributed by atoms with Gasteiger partial charge in [-0.15, -0.1) is 9.94 Å². The van der Waals surface area contributed by atoms with Crippen LogP contribution in [0.1, 0.15) is 0 Å². The van der Waals surface area contributed by atoms with Gasteiger partial charge < -0.3 is 4.53 Å². The van der Waals surface area contributed by atoms with E-state index in [1.807, 2.05) is 30.5 Å². The first-order chi connectivity index (χ1) is 6.54. The lowest BCUT2D eigenvalue weighted by atomic mass is 10.3. The summed E-state index contributed by atoms with van der Waals surface area (Å²) in [6.07, 6.45) is 1.92. The van der Waals surface area contributed by atoms with Crippen LogP contribution in [-0.2, 0) is 0 Å². The maximum atomic E-state index is 5.73. The Bertz CT molecular complexity index is 412. The van der Waals surface area contributed by atoms with Gasteiger partial charge in [0, 0.05) is 5.39 Å². The van der Waals surface area contributed by atoms with Crippen molar-refractivity contribution in [3.05, 3.63) is 30.5 Å². The third-order valence-electron chi connectivity index (χ3n) is 1.76. The molecular formula is C10H14N2OSi. The number of rotatable bonds is 2. The molecule has 0 radical (unpaired) electrons. The van der Waals surface area contributed by atoms with Crippen molar-refractivity contribution in [2.24, 2.45) is 0 Å². The van der Waals surface area contributed by atoms with Crippen LogP contribution in [0.5, 0.6) is 0 Å².